The van der Waals surface area contributed by atoms with Crippen LogP contribution >= 0.6 is 15.9 Å². The number of rotatable bonds is 4. The van der Waals surface area contributed by atoms with Gasteiger partial charge >= 0.3 is 0 Å². The molecule has 1 saturated heterocycles. The van der Waals surface area contributed by atoms with Gasteiger partial charge in [0.25, 0.3) is 0 Å². The van der Waals surface area contributed by atoms with Gasteiger partial charge in [-0.15, -0.1) is 0 Å². The van der Waals surface area contributed by atoms with Crippen LogP contribution in [0.1, 0.15) is 22.4 Å². The van der Waals surface area contributed by atoms with Crippen molar-refractivity contribution in [3.63, 3.8) is 0 Å². The molecule has 18 heavy (non-hydrogen) atoms. The molecule has 0 aliphatic carbocycles. The molecule has 0 radical (unpaired) electrons. The van der Waals surface area contributed by atoms with Crippen molar-refractivity contribution in [2.45, 2.75) is 17.9 Å². The van der Waals surface area contributed by atoms with E-state index in [0.717, 1.165) is 17.5 Å². The third-order valence-corrected chi connectivity index (χ3v) is 6.33. The normalized spacial score (nSPS) is 24.0. The molecule has 0 aromatic heterocycles. The maximum absolute atomic E-state index is 11.5. The third-order valence-electron chi connectivity index (χ3n) is 3.26. The number of hydrogen-bond donors (Lipinski definition) is 0. The summed E-state index contributed by atoms with van der Waals surface area (Å²) in [6, 6.07) is 8.11. The molecular formula is C13H17BrO3S. The summed E-state index contributed by atoms with van der Waals surface area (Å²) >= 11 is 3.64. The van der Waals surface area contributed by atoms with E-state index in [1.165, 1.54) is 0 Å². The summed E-state index contributed by atoms with van der Waals surface area (Å²) in [6.45, 7) is 0.580. The molecule has 3 nitrogen and oxygen atoms in total. The first-order valence-electron chi connectivity index (χ1n) is 5.94. The molecule has 0 amide bonds. The number of ether oxygens (including phenoxy) is 1. The van der Waals surface area contributed by atoms with E-state index in [1.807, 2.05) is 18.2 Å². The highest BCUT2D eigenvalue weighted by Gasteiger charge is 2.33. The van der Waals surface area contributed by atoms with Crippen LogP contribution in [0.5, 0.6) is 0 Å². The molecule has 0 N–H and O–H groups in total. The molecule has 1 aliphatic heterocycles. The highest BCUT2D eigenvalue weighted by atomic mass is 79.9. The fraction of sp³-hybridized carbons (Fsp3) is 0.538. The zero-order chi connectivity index (χ0) is 13.2. The Labute approximate surface area is 117 Å². The molecule has 1 aliphatic rings. The van der Waals surface area contributed by atoms with E-state index >= 15 is 0 Å². The first-order valence-corrected chi connectivity index (χ1v) is 8.68. The largest absolute Gasteiger partial charge is 0.380 e. The van der Waals surface area contributed by atoms with Crippen molar-refractivity contribution in [2.24, 2.45) is 5.92 Å². The molecule has 2 atom stereocenters. The van der Waals surface area contributed by atoms with E-state index in [2.05, 4.69) is 22.0 Å². The van der Waals surface area contributed by atoms with Crippen molar-refractivity contribution in [3.8, 4) is 0 Å². The maximum atomic E-state index is 11.5. The lowest BCUT2D eigenvalue weighted by Crippen LogP contribution is -2.10. The monoisotopic (exact) mass is 332 g/mol. The van der Waals surface area contributed by atoms with Gasteiger partial charge in [0.15, 0.2) is 9.84 Å². The van der Waals surface area contributed by atoms with Gasteiger partial charge in [-0.05, 0) is 23.5 Å². The Morgan fingerprint density at radius 2 is 2.28 bits per heavy atom. The summed E-state index contributed by atoms with van der Waals surface area (Å²) in [6.07, 6.45) is 0.743. The second-order valence-electron chi connectivity index (χ2n) is 4.74. The molecule has 2 unspecified atom stereocenters. The second-order valence-corrected chi connectivity index (χ2v) is 7.96. The van der Waals surface area contributed by atoms with Crippen molar-refractivity contribution < 1.29 is 13.2 Å². The molecule has 1 aromatic carbocycles. The molecule has 100 valence electrons. The Balaban J connectivity index is 2.13. The maximum Gasteiger partial charge on any atom is 0.150 e. The Hall–Kier alpha value is -0.390. The SMILES string of the molecule is COCc1cccc(C(Br)C2CCS(=O)(=O)C2)c1. The standard InChI is InChI=1S/C13H17BrO3S/c1-17-8-10-3-2-4-11(7-10)13(14)12-5-6-18(15,16)9-12/h2-4,7,12-13H,5-6,8-9H2,1H3. The summed E-state index contributed by atoms with van der Waals surface area (Å²) in [5.74, 6) is 0.780. The van der Waals surface area contributed by atoms with Crippen LogP contribution in [0.4, 0.5) is 0 Å². The summed E-state index contributed by atoms with van der Waals surface area (Å²) in [4.78, 5) is 0.103. The van der Waals surface area contributed by atoms with Gasteiger partial charge < -0.3 is 4.74 Å². The third kappa shape index (κ3) is 3.33. The fourth-order valence-electron chi connectivity index (χ4n) is 2.35. The molecule has 1 aromatic rings. The predicted molar refractivity (Wildman–Crippen MR) is 75.6 cm³/mol. The average Bonchev–Trinajstić information content (AvgIpc) is 2.70. The van der Waals surface area contributed by atoms with E-state index in [1.54, 1.807) is 7.11 Å². The van der Waals surface area contributed by atoms with E-state index < -0.39 is 9.84 Å². The number of halogens is 1. The number of sulfone groups is 1. The zero-order valence-electron chi connectivity index (χ0n) is 10.3. The Morgan fingerprint density at radius 3 is 2.89 bits per heavy atom. The van der Waals surface area contributed by atoms with Crippen LogP contribution in [0.3, 0.4) is 0 Å². The molecule has 0 bridgehead atoms. The summed E-state index contributed by atoms with van der Waals surface area (Å²) < 4.78 is 28.1. The average molecular weight is 333 g/mol. The number of alkyl halides is 1. The van der Waals surface area contributed by atoms with E-state index in [0.29, 0.717) is 12.4 Å². The number of methoxy groups -OCH3 is 1. The quantitative estimate of drug-likeness (QED) is 0.796. The van der Waals surface area contributed by atoms with Crippen molar-refractivity contribution in [1.29, 1.82) is 0 Å². The van der Waals surface area contributed by atoms with Crippen molar-refractivity contribution in [1.82, 2.24) is 0 Å². The summed E-state index contributed by atoms with van der Waals surface area (Å²) in [5.41, 5.74) is 2.24. The van der Waals surface area contributed by atoms with Crippen LogP contribution in [-0.2, 0) is 21.2 Å². The Bertz CT molecular complexity index is 513. The minimum Gasteiger partial charge on any atom is -0.380 e. The van der Waals surface area contributed by atoms with Crippen molar-refractivity contribution in [2.75, 3.05) is 18.6 Å². The van der Waals surface area contributed by atoms with E-state index in [9.17, 15) is 8.42 Å². The molecule has 1 fully saturated rings. The van der Waals surface area contributed by atoms with Gasteiger partial charge in [-0.1, -0.05) is 40.2 Å². The summed E-state index contributed by atoms with van der Waals surface area (Å²) in [5, 5.41) is 0. The lowest BCUT2D eigenvalue weighted by atomic mass is 9.97. The minimum absolute atomic E-state index is 0.103. The van der Waals surface area contributed by atoms with E-state index in [-0.39, 0.29) is 16.5 Å². The molecule has 0 spiro atoms. The lowest BCUT2D eigenvalue weighted by molar-refractivity contribution is 0.185. The first-order chi connectivity index (χ1) is 8.52. The fourth-order valence-corrected chi connectivity index (χ4v) is 5.17. The van der Waals surface area contributed by atoms with Gasteiger partial charge in [-0.2, -0.15) is 0 Å². The minimum atomic E-state index is -2.82. The van der Waals surface area contributed by atoms with Crippen LogP contribution in [-0.4, -0.2) is 27.0 Å². The van der Waals surface area contributed by atoms with Gasteiger partial charge in [-0.3, -0.25) is 0 Å². The molecule has 5 heteroatoms. The lowest BCUT2D eigenvalue weighted by Gasteiger charge is -2.17. The Morgan fingerprint density at radius 1 is 1.50 bits per heavy atom. The topological polar surface area (TPSA) is 43.4 Å². The van der Waals surface area contributed by atoms with Crippen molar-refractivity contribution in [3.05, 3.63) is 35.4 Å². The zero-order valence-corrected chi connectivity index (χ0v) is 12.7. The van der Waals surface area contributed by atoms with Gasteiger partial charge in [0.1, 0.15) is 0 Å². The molecule has 0 saturated carbocycles. The smallest absolute Gasteiger partial charge is 0.150 e. The molecule has 1 heterocycles. The van der Waals surface area contributed by atoms with Crippen LogP contribution in [0.25, 0.3) is 0 Å². The number of hydrogen-bond acceptors (Lipinski definition) is 3. The van der Waals surface area contributed by atoms with Crippen LogP contribution in [0.15, 0.2) is 24.3 Å². The highest BCUT2D eigenvalue weighted by Crippen LogP contribution is 2.37. The Kier molecular flexibility index (Phi) is 4.45. The number of benzene rings is 1. The first kappa shape index (κ1) is 14.0. The predicted octanol–water partition coefficient (Wildman–Crippen LogP) is 2.70. The van der Waals surface area contributed by atoms with Crippen LogP contribution < -0.4 is 0 Å². The van der Waals surface area contributed by atoms with Gasteiger partial charge in [0.2, 0.25) is 0 Å². The molecular weight excluding hydrogens is 316 g/mol. The summed E-state index contributed by atoms with van der Waals surface area (Å²) in [7, 11) is -1.16. The highest BCUT2D eigenvalue weighted by molar-refractivity contribution is 9.09. The van der Waals surface area contributed by atoms with Gasteiger partial charge in [0.05, 0.1) is 18.1 Å². The van der Waals surface area contributed by atoms with Crippen molar-refractivity contribution >= 4 is 25.8 Å². The van der Waals surface area contributed by atoms with E-state index in [4.69, 9.17) is 4.74 Å². The van der Waals surface area contributed by atoms with Crippen LogP contribution in [0.2, 0.25) is 0 Å². The molecule has 2 rings (SSSR count). The van der Waals surface area contributed by atoms with Gasteiger partial charge in [0, 0.05) is 11.9 Å². The van der Waals surface area contributed by atoms with Crippen LogP contribution in [0, 0.1) is 5.92 Å². The second kappa shape index (κ2) is 5.72. The van der Waals surface area contributed by atoms with Gasteiger partial charge in [-0.25, -0.2) is 8.42 Å².